The zero-order valence-electron chi connectivity index (χ0n) is 20.5. The van der Waals surface area contributed by atoms with Gasteiger partial charge in [0.05, 0.1) is 42.5 Å². The highest BCUT2D eigenvalue weighted by molar-refractivity contribution is 6.11. The van der Waals surface area contributed by atoms with Crippen molar-refractivity contribution in [3.8, 4) is 11.1 Å². The fourth-order valence-electron chi connectivity index (χ4n) is 4.12. The van der Waals surface area contributed by atoms with Gasteiger partial charge in [0.25, 0.3) is 5.91 Å². The summed E-state index contributed by atoms with van der Waals surface area (Å²) in [6.07, 6.45) is 5.35. The lowest BCUT2D eigenvalue weighted by atomic mass is 10.0. The number of rotatable bonds is 8. The minimum atomic E-state index is -0.297. The number of carbonyl (C=O) groups is 1. The van der Waals surface area contributed by atoms with Crippen LogP contribution in [-0.4, -0.2) is 84.5 Å². The monoisotopic (exact) mass is 486 g/mol. The third kappa shape index (κ3) is 5.45. The van der Waals surface area contributed by atoms with Gasteiger partial charge < -0.3 is 25.2 Å². The fourth-order valence-corrected chi connectivity index (χ4v) is 4.12. The maximum Gasteiger partial charge on any atom is 0.276 e. The van der Waals surface area contributed by atoms with Crippen LogP contribution in [0.5, 0.6) is 0 Å². The van der Waals surface area contributed by atoms with Gasteiger partial charge in [-0.25, -0.2) is 4.98 Å². The average molecular weight is 487 g/mol. The van der Waals surface area contributed by atoms with E-state index in [1.54, 1.807) is 6.20 Å². The number of H-pyrrole nitrogens is 1. The van der Waals surface area contributed by atoms with E-state index in [0.29, 0.717) is 11.4 Å². The molecule has 1 saturated heterocycles. The second kappa shape index (κ2) is 10.7. The summed E-state index contributed by atoms with van der Waals surface area (Å²) in [7, 11) is 4.05. The molecule has 10 nitrogen and oxygen atoms in total. The van der Waals surface area contributed by atoms with Crippen molar-refractivity contribution >= 4 is 34.0 Å². The van der Waals surface area contributed by atoms with Crippen LogP contribution in [0.1, 0.15) is 10.5 Å². The Morgan fingerprint density at radius 1 is 1.08 bits per heavy atom. The summed E-state index contributed by atoms with van der Waals surface area (Å²) in [6.45, 7) is 4.82. The van der Waals surface area contributed by atoms with Gasteiger partial charge in [0.1, 0.15) is 5.82 Å². The quantitative estimate of drug-likeness (QED) is 0.348. The van der Waals surface area contributed by atoms with Gasteiger partial charge in [0, 0.05) is 43.3 Å². The summed E-state index contributed by atoms with van der Waals surface area (Å²) in [5.41, 5.74) is 4.74. The van der Waals surface area contributed by atoms with Crippen molar-refractivity contribution < 1.29 is 9.53 Å². The van der Waals surface area contributed by atoms with E-state index in [-0.39, 0.29) is 5.91 Å². The van der Waals surface area contributed by atoms with Crippen molar-refractivity contribution in [2.24, 2.45) is 0 Å². The number of pyridine rings is 2. The molecule has 3 aromatic heterocycles. The van der Waals surface area contributed by atoms with E-state index in [1.165, 1.54) is 0 Å². The number of fused-ring (bicyclic) bond motifs is 1. The summed E-state index contributed by atoms with van der Waals surface area (Å²) in [6, 6.07) is 11.7. The lowest BCUT2D eigenvalue weighted by Crippen LogP contribution is -2.36. The Morgan fingerprint density at radius 2 is 1.94 bits per heavy atom. The van der Waals surface area contributed by atoms with E-state index in [4.69, 9.17) is 4.74 Å². The third-order valence-corrected chi connectivity index (χ3v) is 6.10. The zero-order chi connectivity index (χ0) is 24.9. The van der Waals surface area contributed by atoms with Crippen LogP contribution in [0, 0.1) is 0 Å². The number of ether oxygens (including phenoxy) is 1. The zero-order valence-corrected chi connectivity index (χ0v) is 20.5. The topological polar surface area (TPSA) is 111 Å². The number of hydrogen-bond acceptors (Lipinski definition) is 8. The molecule has 186 valence electrons. The number of hydrogen-bond donors (Lipinski definition) is 3. The number of nitrogens with zero attached hydrogens (tertiary/aromatic N) is 5. The van der Waals surface area contributed by atoms with E-state index < -0.39 is 0 Å². The highest BCUT2D eigenvalue weighted by Crippen LogP contribution is 2.28. The Bertz CT molecular complexity index is 1330. The molecule has 0 atom stereocenters. The van der Waals surface area contributed by atoms with Gasteiger partial charge in [-0.15, -0.1) is 0 Å². The molecule has 4 aromatic rings. The molecule has 0 spiro atoms. The van der Waals surface area contributed by atoms with Crippen LogP contribution < -0.4 is 15.5 Å². The van der Waals surface area contributed by atoms with E-state index in [1.807, 2.05) is 56.8 Å². The number of likely N-dealkylation sites (N-methyl/N-ethyl adjacent to an activating group) is 1. The van der Waals surface area contributed by atoms with Crippen molar-refractivity contribution in [2.75, 3.05) is 69.0 Å². The van der Waals surface area contributed by atoms with Crippen molar-refractivity contribution in [3.05, 3.63) is 60.7 Å². The molecule has 0 radical (unpaired) electrons. The first-order chi connectivity index (χ1) is 17.6. The molecule has 0 saturated carbocycles. The lowest BCUT2D eigenvalue weighted by molar-refractivity contribution is 0.102. The number of anilines is 3. The van der Waals surface area contributed by atoms with Crippen LogP contribution in [0.4, 0.5) is 17.2 Å². The van der Waals surface area contributed by atoms with Gasteiger partial charge in [0.15, 0.2) is 5.69 Å². The van der Waals surface area contributed by atoms with Crippen molar-refractivity contribution in [1.29, 1.82) is 0 Å². The van der Waals surface area contributed by atoms with Crippen molar-refractivity contribution in [1.82, 2.24) is 25.1 Å². The number of carbonyl (C=O) groups excluding carboxylic acids is 1. The molecule has 1 amide bonds. The van der Waals surface area contributed by atoms with Gasteiger partial charge in [-0.05, 0) is 50.0 Å². The maximum absolute atomic E-state index is 13.1. The van der Waals surface area contributed by atoms with Gasteiger partial charge in [-0.2, -0.15) is 5.10 Å². The molecule has 4 heterocycles. The number of morpholine rings is 1. The van der Waals surface area contributed by atoms with Gasteiger partial charge >= 0.3 is 0 Å². The van der Waals surface area contributed by atoms with Crippen LogP contribution in [-0.2, 0) is 4.74 Å². The maximum atomic E-state index is 13.1. The van der Waals surface area contributed by atoms with Crippen LogP contribution in [0.2, 0.25) is 0 Å². The summed E-state index contributed by atoms with van der Waals surface area (Å²) in [5.74, 6) is 0.464. The van der Waals surface area contributed by atoms with Gasteiger partial charge in [0.2, 0.25) is 0 Å². The second-order valence-corrected chi connectivity index (χ2v) is 8.98. The molecule has 10 heteroatoms. The Kier molecular flexibility index (Phi) is 7.06. The number of nitrogens with one attached hydrogen (secondary N) is 3. The standard InChI is InChI=1S/C26H30N8O2/c1-33(2)8-7-28-24-6-4-20(16-29-24)30-26(35)25-22-14-18(3-5-23(22)31-32-25)19-13-21(17-27-15-19)34-9-11-36-12-10-34/h3-6,13-17H,7-12H2,1-2H3,(H,28,29)(H,30,35)(H,31,32). The first kappa shape index (κ1) is 23.7. The lowest BCUT2D eigenvalue weighted by Gasteiger charge is -2.28. The molecule has 3 N–H and O–H groups in total. The highest BCUT2D eigenvalue weighted by Gasteiger charge is 2.17. The molecule has 1 fully saturated rings. The number of amides is 1. The summed E-state index contributed by atoms with van der Waals surface area (Å²) in [5, 5.41) is 14.1. The molecule has 0 aliphatic carbocycles. The van der Waals surface area contributed by atoms with Crippen molar-refractivity contribution in [2.45, 2.75) is 0 Å². The Hall–Kier alpha value is -4.02. The van der Waals surface area contributed by atoms with Crippen LogP contribution in [0.3, 0.4) is 0 Å². The SMILES string of the molecule is CN(C)CCNc1ccc(NC(=O)c2n[nH]c3ccc(-c4cncc(N5CCOCC5)c4)cc23)cn1. The van der Waals surface area contributed by atoms with Crippen LogP contribution in [0.25, 0.3) is 22.0 Å². The second-order valence-electron chi connectivity index (χ2n) is 8.98. The van der Waals surface area contributed by atoms with E-state index in [2.05, 4.69) is 46.7 Å². The Labute approximate surface area is 209 Å². The van der Waals surface area contributed by atoms with Gasteiger partial charge in [-0.1, -0.05) is 6.07 Å². The average Bonchev–Trinajstić information content (AvgIpc) is 3.34. The normalized spacial score (nSPS) is 13.8. The van der Waals surface area contributed by atoms with Crippen LogP contribution in [0.15, 0.2) is 55.0 Å². The molecule has 1 aliphatic heterocycles. The predicted molar refractivity (Wildman–Crippen MR) is 142 cm³/mol. The smallest absolute Gasteiger partial charge is 0.276 e. The highest BCUT2D eigenvalue weighted by atomic mass is 16.5. The number of aromatic nitrogens is 4. The van der Waals surface area contributed by atoms with Gasteiger partial charge in [-0.3, -0.25) is 14.9 Å². The molecule has 1 aliphatic rings. The molecular formula is C26H30N8O2. The Balaban J connectivity index is 1.32. The van der Waals surface area contributed by atoms with Crippen LogP contribution >= 0.6 is 0 Å². The molecule has 1 aromatic carbocycles. The molecule has 5 rings (SSSR count). The molecule has 36 heavy (non-hydrogen) atoms. The molecule has 0 bridgehead atoms. The summed E-state index contributed by atoms with van der Waals surface area (Å²) >= 11 is 0. The molecular weight excluding hydrogens is 456 g/mol. The minimum Gasteiger partial charge on any atom is -0.378 e. The first-order valence-electron chi connectivity index (χ1n) is 12.0. The predicted octanol–water partition coefficient (Wildman–Crippen LogP) is 3.08. The third-order valence-electron chi connectivity index (χ3n) is 6.10. The molecule has 0 unspecified atom stereocenters. The summed E-state index contributed by atoms with van der Waals surface area (Å²) < 4.78 is 5.46. The largest absolute Gasteiger partial charge is 0.378 e. The first-order valence-corrected chi connectivity index (χ1v) is 12.0. The van der Waals surface area contributed by atoms with E-state index in [9.17, 15) is 4.79 Å². The van der Waals surface area contributed by atoms with E-state index >= 15 is 0 Å². The van der Waals surface area contributed by atoms with Crippen molar-refractivity contribution in [3.63, 3.8) is 0 Å². The minimum absolute atomic E-state index is 0.297. The number of aromatic amines is 1. The summed E-state index contributed by atoms with van der Waals surface area (Å²) in [4.78, 5) is 26.3. The Morgan fingerprint density at radius 3 is 2.72 bits per heavy atom. The van der Waals surface area contributed by atoms with E-state index in [0.717, 1.165) is 72.9 Å². The fraction of sp³-hybridized carbons (Fsp3) is 0.308. The number of benzene rings is 1.